The molecule has 0 unspecified atom stereocenters. The molecule has 0 fully saturated rings. The zero-order valence-corrected chi connectivity index (χ0v) is 11.2. The summed E-state index contributed by atoms with van der Waals surface area (Å²) >= 11 is 0. The molecule has 2 aromatic carbocycles. The van der Waals surface area contributed by atoms with E-state index >= 15 is 0 Å². The van der Waals surface area contributed by atoms with Crippen LogP contribution in [0.1, 0.15) is 21.5 Å². The van der Waals surface area contributed by atoms with Crippen molar-refractivity contribution in [1.29, 1.82) is 0 Å². The first kappa shape index (κ1) is 13.7. The molecule has 20 heavy (non-hydrogen) atoms. The lowest BCUT2D eigenvalue weighted by atomic mass is 9.98. The average molecular weight is 270 g/mol. The van der Waals surface area contributed by atoms with Crippen LogP contribution in [0.3, 0.4) is 0 Å². The molecular weight excluding hydrogens is 256 g/mol. The highest BCUT2D eigenvalue weighted by atomic mass is 16.6. The third-order valence-electron chi connectivity index (χ3n) is 3.01. The zero-order valence-electron chi connectivity index (χ0n) is 11.2. The minimum absolute atomic E-state index is 0.119. The van der Waals surface area contributed by atoms with Gasteiger partial charge in [0.1, 0.15) is 0 Å². The van der Waals surface area contributed by atoms with E-state index in [1.807, 2.05) is 32.0 Å². The fourth-order valence-electron chi connectivity index (χ4n) is 2.21. The quantitative estimate of drug-likeness (QED) is 0.687. The van der Waals surface area contributed by atoms with Gasteiger partial charge in [-0.1, -0.05) is 29.3 Å². The predicted molar refractivity (Wildman–Crippen MR) is 76.5 cm³/mol. The molecule has 0 saturated carbocycles. The van der Waals surface area contributed by atoms with Gasteiger partial charge in [0.15, 0.2) is 0 Å². The molecule has 102 valence electrons. The van der Waals surface area contributed by atoms with Gasteiger partial charge in [-0.3, -0.25) is 14.9 Å². The molecule has 5 heteroatoms. The van der Waals surface area contributed by atoms with E-state index in [4.69, 9.17) is 5.73 Å². The van der Waals surface area contributed by atoms with E-state index in [-0.39, 0.29) is 11.3 Å². The molecule has 2 rings (SSSR count). The average Bonchev–Trinajstić information content (AvgIpc) is 2.36. The Morgan fingerprint density at radius 2 is 1.70 bits per heavy atom. The van der Waals surface area contributed by atoms with Crippen molar-refractivity contribution >= 4 is 11.6 Å². The summed E-state index contributed by atoms with van der Waals surface area (Å²) in [4.78, 5) is 21.8. The molecule has 0 aliphatic carbocycles. The molecule has 0 atom stereocenters. The van der Waals surface area contributed by atoms with Crippen LogP contribution >= 0.6 is 0 Å². The van der Waals surface area contributed by atoms with Gasteiger partial charge in [-0.05, 0) is 31.5 Å². The number of hydrogen-bond acceptors (Lipinski definition) is 3. The number of carbonyl (C=O) groups excluding carboxylic acids is 1. The number of nitrogens with two attached hydrogens (primary N) is 1. The predicted octanol–water partition coefficient (Wildman–Crippen LogP) is 2.98. The minimum Gasteiger partial charge on any atom is -0.366 e. The van der Waals surface area contributed by atoms with Gasteiger partial charge < -0.3 is 5.73 Å². The number of rotatable bonds is 3. The maximum atomic E-state index is 11.2. The van der Waals surface area contributed by atoms with Crippen LogP contribution in [0, 0.1) is 24.0 Å². The molecule has 0 radical (unpaired) electrons. The molecule has 0 aromatic heterocycles. The molecule has 0 saturated heterocycles. The number of carbonyl (C=O) groups is 1. The number of benzene rings is 2. The van der Waals surface area contributed by atoms with Crippen molar-refractivity contribution in [2.45, 2.75) is 13.8 Å². The largest absolute Gasteiger partial charge is 0.366 e. The van der Waals surface area contributed by atoms with Crippen molar-refractivity contribution in [3.05, 3.63) is 63.2 Å². The first-order valence-corrected chi connectivity index (χ1v) is 6.05. The fourth-order valence-corrected chi connectivity index (χ4v) is 2.21. The van der Waals surface area contributed by atoms with Crippen LogP contribution in [-0.4, -0.2) is 10.8 Å². The van der Waals surface area contributed by atoms with Crippen molar-refractivity contribution in [2.75, 3.05) is 0 Å². The Morgan fingerprint density at radius 3 is 2.20 bits per heavy atom. The number of nitro groups is 1. The van der Waals surface area contributed by atoms with Gasteiger partial charge in [-0.25, -0.2) is 0 Å². The maximum Gasteiger partial charge on any atom is 0.277 e. The molecule has 0 aliphatic rings. The number of primary amides is 1. The van der Waals surface area contributed by atoms with Crippen LogP contribution in [0.25, 0.3) is 11.1 Å². The number of nitro benzene ring substituents is 1. The lowest BCUT2D eigenvalue weighted by molar-refractivity contribution is -0.384. The normalized spacial score (nSPS) is 10.3. The van der Waals surface area contributed by atoms with Gasteiger partial charge in [0.2, 0.25) is 5.91 Å². The smallest absolute Gasteiger partial charge is 0.277 e. The Morgan fingerprint density at radius 1 is 1.10 bits per heavy atom. The van der Waals surface area contributed by atoms with Crippen molar-refractivity contribution in [3.8, 4) is 11.1 Å². The summed E-state index contributed by atoms with van der Waals surface area (Å²) in [5.41, 5.74) is 8.45. The van der Waals surface area contributed by atoms with Crippen molar-refractivity contribution < 1.29 is 9.72 Å². The molecule has 0 spiro atoms. The third-order valence-corrected chi connectivity index (χ3v) is 3.01. The van der Waals surface area contributed by atoms with E-state index < -0.39 is 10.8 Å². The zero-order chi connectivity index (χ0) is 14.9. The Kier molecular flexibility index (Phi) is 3.52. The maximum absolute atomic E-state index is 11.2. The number of amides is 1. The topological polar surface area (TPSA) is 86.2 Å². The van der Waals surface area contributed by atoms with E-state index in [0.29, 0.717) is 5.56 Å². The van der Waals surface area contributed by atoms with Crippen LogP contribution in [0.5, 0.6) is 0 Å². The molecule has 0 bridgehead atoms. The van der Waals surface area contributed by atoms with E-state index in [2.05, 4.69) is 0 Å². The molecule has 2 aromatic rings. The number of hydrogen-bond donors (Lipinski definition) is 1. The van der Waals surface area contributed by atoms with E-state index in [9.17, 15) is 14.9 Å². The Labute approximate surface area is 116 Å². The van der Waals surface area contributed by atoms with Gasteiger partial charge in [-0.2, -0.15) is 0 Å². The lowest BCUT2D eigenvalue weighted by Crippen LogP contribution is -2.11. The van der Waals surface area contributed by atoms with Gasteiger partial charge in [0.05, 0.1) is 10.5 Å². The number of nitrogens with zero attached hydrogens (tertiary/aromatic N) is 1. The third kappa shape index (κ3) is 2.66. The van der Waals surface area contributed by atoms with Crippen molar-refractivity contribution in [2.24, 2.45) is 5.73 Å². The van der Waals surface area contributed by atoms with Crippen LogP contribution in [0.15, 0.2) is 36.4 Å². The highest BCUT2D eigenvalue weighted by Crippen LogP contribution is 2.31. The summed E-state index contributed by atoms with van der Waals surface area (Å²) in [6.07, 6.45) is 0. The van der Waals surface area contributed by atoms with E-state index in [0.717, 1.165) is 16.7 Å². The highest BCUT2D eigenvalue weighted by Gasteiger charge is 2.18. The van der Waals surface area contributed by atoms with Gasteiger partial charge in [-0.15, -0.1) is 0 Å². The summed E-state index contributed by atoms with van der Waals surface area (Å²) in [5.74, 6) is -0.680. The van der Waals surface area contributed by atoms with Crippen molar-refractivity contribution in [1.82, 2.24) is 0 Å². The Balaban J connectivity index is 2.67. The minimum atomic E-state index is -0.680. The molecule has 1 amide bonds. The Hall–Kier alpha value is -2.69. The second kappa shape index (κ2) is 5.13. The summed E-state index contributed by atoms with van der Waals surface area (Å²) in [7, 11) is 0. The van der Waals surface area contributed by atoms with E-state index in [1.54, 1.807) is 6.07 Å². The second-order valence-electron chi connectivity index (χ2n) is 4.73. The van der Waals surface area contributed by atoms with Crippen LogP contribution in [0.2, 0.25) is 0 Å². The number of aryl methyl sites for hydroxylation is 2. The van der Waals surface area contributed by atoms with Gasteiger partial charge >= 0.3 is 0 Å². The first-order valence-electron chi connectivity index (χ1n) is 6.05. The summed E-state index contributed by atoms with van der Waals surface area (Å²) in [6.45, 7) is 3.86. The SMILES string of the molecule is Cc1cc(C)cc(-c2ccc(C(N)=O)cc2[N+](=O)[O-])c1. The van der Waals surface area contributed by atoms with Crippen LogP contribution in [0.4, 0.5) is 5.69 Å². The summed E-state index contributed by atoms with van der Waals surface area (Å²) in [6, 6.07) is 10.0. The van der Waals surface area contributed by atoms with Gasteiger partial charge in [0.25, 0.3) is 5.69 Å². The molecule has 5 nitrogen and oxygen atoms in total. The van der Waals surface area contributed by atoms with Crippen LogP contribution in [-0.2, 0) is 0 Å². The summed E-state index contributed by atoms with van der Waals surface area (Å²) in [5, 5.41) is 11.2. The summed E-state index contributed by atoms with van der Waals surface area (Å²) < 4.78 is 0. The molecule has 0 heterocycles. The molecule has 0 aliphatic heterocycles. The standard InChI is InChI=1S/C15H14N2O3/c1-9-5-10(2)7-12(6-9)13-4-3-11(15(16)18)8-14(13)17(19)20/h3-8H,1-2H3,(H2,16,18). The van der Waals surface area contributed by atoms with Crippen LogP contribution < -0.4 is 5.73 Å². The second-order valence-corrected chi connectivity index (χ2v) is 4.73. The first-order chi connectivity index (χ1) is 9.38. The van der Waals surface area contributed by atoms with E-state index in [1.165, 1.54) is 12.1 Å². The van der Waals surface area contributed by atoms with Gasteiger partial charge in [0, 0.05) is 11.6 Å². The fraction of sp³-hybridized carbons (Fsp3) is 0.133. The van der Waals surface area contributed by atoms with Crippen molar-refractivity contribution in [3.63, 3.8) is 0 Å². The molecular formula is C15H14N2O3. The monoisotopic (exact) mass is 270 g/mol. The Bertz CT molecular complexity index is 688. The lowest BCUT2D eigenvalue weighted by Gasteiger charge is -2.07. The highest BCUT2D eigenvalue weighted by molar-refractivity contribution is 5.94. The molecule has 2 N–H and O–H groups in total.